The van der Waals surface area contributed by atoms with Crippen molar-refractivity contribution in [3.8, 4) is 11.7 Å². The molecule has 0 unspecified atom stereocenters. The van der Waals surface area contributed by atoms with E-state index in [0.29, 0.717) is 5.56 Å². The van der Waals surface area contributed by atoms with E-state index in [-0.39, 0.29) is 11.7 Å². The van der Waals surface area contributed by atoms with Crippen LogP contribution in [0, 0.1) is 6.92 Å². The van der Waals surface area contributed by atoms with E-state index in [9.17, 15) is 9.59 Å². The average Bonchev–Trinajstić information content (AvgIpc) is 2.82. The molecule has 0 bridgehead atoms. The Hall–Kier alpha value is -2.57. The number of carboxylic acid groups (broad SMARTS) is 2. The zero-order valence-corrected chi connectivity index (χ0v) is 8.63. The first-order valence-electron chi connectivity index (χ1n) is 4.52. The third kappa shape index (κ3) is 1.78. The molecular weight excluding hydrogens is 230 g/mol. The van der Waals surface area contributed by atoms with E-state index in [1.807, 2.05) is 0 Å². The fourth-order valence-corrected chi connectivity index (χ4v) is 1.30. The molecule has 0 spiro atoms. The van der Waals surface area contributed by atoms with E-state index >= 15 is 0 Å². The maximum absolute atomic E-state index is 10.8. The Morgan fingerprint density at radius 2 is 2.00 bits per heavy atom. The maximum atomic E-state index is 10.8. The molecule has 0 saturated heterocycles. The SMILES string of the molecule is Cc1ccoc1-c1nc(C(=O)O)c(C(=O)O)o1. The van der Waals surface area contributed by atoms with Gasteiger partial charge in [0, 0.05) is 5.56 Å². The molecule has 0 aliphatic heterocycles. The van der Waals surface area contributed by atoms with Gasteiger partial charge in [0.2, 0.25) is 11.5 Å². The van der Waals surface area contributed by atoms with Gasteiger partial charge < -0.3 is 19.0 Å². The van der Waals surface area contributed by atoms with Crippen molar-refractivity contribution >= 4 is 11.9 Å². The Morgan fingerprint density at radius 1 is 1.29 bits per heavy atom. The van der Waals surface area contributed by atoms with Crippen LogP contribution >= 0.6 is 0 Å². The Bertz CT molecular complexity index is 562. The molecule has 2 aromatic heterocycles. The van der Waals surface area contributed by atoms with Crippen LogP contribution in [0.4, 0.5) is 0 Å². The zero-order chi connectivity index (χ0) is 12.6. The number of hydrogen-bond acceptors (Lipinski definition) is 5. The lowest BCUT2D eigenvalue weighted by atomic mass is 10.3. The van der Waals surface area contributed by atoms with Gasteiger partial charge >= 0.3 is 11.9 Å². The minimum absolute atomic E-state index is 0.165. The van der Waals surface area contributed by atoms with Crippen LogP contribution in [0.25, 0.3) is 11.7 Å². The van der Waals surface area contributed by atoms with Crippen molar-refractivity contribution in [3.63, 3.8) is 0 Å². The topological polar surface area (TPSA) is 114 Å². The number of carboxylic acids is 2. The third-order valence-corrected chi connectivity index (χ3v) is 2.08. The summed E-state index contributed by atoms with van der Waals surface area (Å²) in [5.41, 5.74) is 0.0171. The highest BCUT2D eigenvalue weighted by molar-refractivity contribution is 5.98. The van der Waals surface area contributed by atoms with Crippen LogP contribution in [0.15, 0.2) is 21.2 Å². The van der Waals surface area contributed by atoms with Gasteiger partial charge in [-0.2, -0.15) is 4.98 Å². The smallest absolute Gasteiger partial charge is 0.374 e. The van der Waals surface area contributed by atoms with Crippen molar-refractivity contribution in [2.75, 3.05) is 0 Å². The predicted molar refractivity (Wildman–Crippen MR) is 52.9 cm³/mol. The predicted octanol–water partition coefficient (Wildman–Crippen LogP) is 1.64. The lowest BCUT2D eigenvalue weighted by molar-refractivity contribution is 0.0624. The Kier molecular flexibility index (Phi) is 2.43. The summed E-state index contributed by atoms with van der Waals surface area (Å²) in [6.07, 6.45) is 1.37. The minimum atomic E-state index is -1.50. The highest BCUT2D eigenvalue weighted by Crippen LogP contribution is 2.25. The number of aromatic nitrogens is 1. The van der Waals surface area contributed by atoms with Crippen LogP contribution in [0.1, 0.15) is 26.6 Å². The summed E-state index contributed by atoms with van der Waals surface area (Å²) in [7, 11) is 0. The molecule has 0 amide bonds. The minimum Gasteiger partial charge on any atom is -0.476 e. The van der Waals surface area contributed by atoms with E-state index in [1.54, 1.807) is 13.0 Å². The van der Waals surface area contributed by atoms with E-state index in [2.05, 4.69) is 4.98 Å². The van der Waals surface area contributed by atoms with Crippen molar-refractivity contribution in [1.29, 1.82) is 0 Å². The molecule has 17 heavy (non-hydrogen) atoms. The van der Waals surface area contributed by atoms with E-state index < -0.39 is 23.4 Å². The second-order valence-corrected chi connectivity index (χ2v) is 3.24. The molecule has 2 N–H and O–H groups in total. The van der Waals surface area contributed by atoms with Crippen molar-refractivity contribution in [3.05, 3.63) is 29.3 Å². The normalized spacial score (nSPS) is 10.4. The Morgan fingerprint density at radius 3 is 2.41 bits per heavy atom. The summed E-state index contributed by atoms with van der Waals surface area (Å²) in [4.78, 5) is 25.1. The van der Waals surface area contributed by atoms with Gasteiger partial charge in [-0.25, -0.2) is 9.59 Å². The molecule has 7 heteroatoms. The highest BCUT2D eigenvalue weighted by atomic mass is 16.4. The fourth-order valence-electron chi connectivity index (χ4n) is 1.30. The number of carbonyl (C=O) groups is 2. The standard InChI is InChI=1S/C10H7NO6/c1-4-2-3-16-6(4)8-11-5(9(12)13)7(17-8)10(14)15/h2-3H,1H3,(H,12,13)(H,14,15). The molecule has 0 radical (unpaired) electrons. The molecule has 0 atom stereocenters. The molecule has 0 fully saturated rings. The van der Waals surface area contributed by atoms with Crippen LogP contribution in [-0.2, 0) is 0 Å². The van der Waals surface area contributed by atoms with Crippen LogP contribution < -0.4 is 0 Å². The van der Waals surface area contributed by atoms with Gasteiger partial charge in [0.1, 0.15) is 0 Å². The van der Waals surface area contributed by atoms with Crippen molar-refractivity contribution < 1.29 is 28.6 Å². The second-order valence-electron chi connectivity index (χ2n) is 3.24. The second kappa shape index (κ2) is 3.78. The summed E-state index contributed by atoms with van der Waals surface area (Å²) in [6.45, 7) is 1.70. The maximum Gasteiger partial charge on any atom is 0.374 e. The summed E-state index contributed by atoms with van der Waals surface area (Å²) in [5.74, 6) is -3.64. The van der Waals surface area contributed by atoms with Gasteiger partial charge in [-0.1, -0.05) is 0 Å². The van der Waals surface area contributed by atoms with Crippen LogP contribution in [0.3, 0.4) is 0 Å². The van der Waals surface area contributed by atoms with Gasteiger partial charge in [-0.3, -0.25) is 0 Å². The molecule has 0 aliphatic carbocycles. The molecule has 2 aromatic rings. The number of oxazole rings is 1. The van der Waals surface area contributed by atoms with E-state index in [1.165, 1.54) is 6.26 Å². The Labute approximate surface area is 94.3 Å². The first kappa shape index (κ1) is 10.9. The zero-order valence-electron chi connectivity index (χ0n) is 8.63. The summed E-state index contributed by atoms with van der Waals surface area (Å²) in [6, 6.07) is 1.63. The molecule has 2 heterocycles. The molecule has 2 rings (SSSR count). The van der Waals surface area contributed by atoms with Crippen molar-refractivity contribution in [2.45, 2.75) is 6.92 Å². The van der Waals surface area contributed by atoms with Crippen molar-refractivity contribution in [1.82, 2.24) is 4.98 Å². The van der Waals surface area contributed by atoms with Gasteiger partial charge in [0.15, 0.2) is 5.76 Å². The summed E-state index contributed by atoms with van der Waals surface area (Å²) >= 11 is 0. The average molecular weight is 237 g/mol. The number of hydrogen-bond donors (Lipinski definition) is 2. The monoisotopic (exact) mass is 237 g/mol. The number of nitrogens with zero attached hydrogens (tertiary/aromatic N) is 1. The number of rotatable bonds is 3. The number of aromatic carboxylic acids is 2. The fraction of sp³-hybridized carbons (Fsp3) is 0.100. The molecular formula is C10H7NO6. The molecule has 0 saturated carbocycles. The lowest BCUT2D eigenvalue weighted by Gasteiger charge is -1.89. The van der Waals surface area contributed by atoms with Crippen LogP contribution in [0.5, 0.6) is 0 Å². The largest absolute Gasteiger partial charge is 0.476 e. The molecule has 0 aromatic carbocycles. The van der Waals surface area contributed by atoms with E-state index in [0.717, 1.165) is 0 Å². The number of aryl methyl sites for hydroxylation is 1. The molecule has 0 aliphatic rings. The number of furan rings is 1. The summed E-state index contributed by atoms with van der Waals surface area (Å²) < 4.78 is 9.91. The van der Waals surface area contributed by atoms with Gasteiger partial charge in [0.25, 0.3) is 5.89 Å². The highest BCUT2D eigenvalue weighted by Gasteiger charge is 2.26. The van der Waals surface area contributed by atoms with Crippen LogP contribution in [0.2, 0.25) is 0 Å². The first-order chi connectivity index (χ1) is 8.00. The lowest BCUT2D eigenvalue weighted by Crippen LogP contribution is -2.05. The molecule has 7 nitrogen and oxygen atoms in total. The van der Waals surface area contributed by atoms with Gasteiger partial charge in [-0.15, -0.1) is 0 Å². The van der Waals surface area contributed by atoms with Gasteiger partial charge in [-0.05, 0) is 13.0 Å². The summed E-state index contributed by atoms with van der Waals surface area (Å²) in [5, 5.41) is 17.5. The van der Waals surface area contributed by atoms with Crippen molar-refractivity contribution in [2.24, 2.45) is 0 Å². The van der Waals surface area contributed by atoms with Crippen LogP contribution in [-0.4, -0.2) is 27.1 Å². The quantitative estimate of drug-likeness (QED) is 0.833. The first-order valence-corrected chi connectivity index (χ1v) is 4.52. The third-order valence-electron chi connectivity index (χ3n) is 2.08. The molecule has 88 valence electrons. The Balaban J connectivity index is 2.59. The van der Waals surface area contributed by atoms with E-state index in [4.69, 9.17) is 19.0 Å². The van der Waals surface area contributed by atoms with Gasteiger partial charge in [0.05, 0.1) is 6.26 Å².